The van der Waals surface area contributed by atoms with Gasteiger partial charge < -0.3 is 15.4 Å². The van der Waals surface area contributed by atoms with Gasteiger partial charge in [0.1, 0.15) is 0 Å². The van der Waals surface area contributed by atoms with Gasteiger partial charge in [-0.1, -0.05) is 13.8 Å². The molecule has 0 saturated heterocycles. The van der Waals surface area contributed by atoms with Gasteiger partial charge in [0.05, 0.1) is 12.6 Å². The lowest BCUT2D eigenvalue weighted by atomic mass is 10.0. The second-order valence-corrected chi connectivity index (χ2v) is 4.89. The first-order chi connectivity index (χ1) is 9.08. The number of hydrogen-bond acceptors (Lipinski definition) is 3. The molecule has 0 aliphatic carbocycles. The second kappa shape index (κ2) is 7.79. The SMILES string of the molecule is CCNC(=O)c1ccc(NC(COC)C(C)C)cc1. The topological polar surface area (TPSA) is 50.4 Å². The van der Waals surface area contributed by atoms with Crippen LogP contribution in [0.1, 0.15) is 31.1 Å². The van der Waals surface area contributed by atoms with E-state index in [0.29, 0.717) is 24.6 Å². The maximum absolute atomic E-state index is 11.6. The average molecular weight is 264 g/mol. The lowest BCUT2D eigenvalue weighted by Gasteiger charge is -2.22. The van der Waals surface area contributed by atoms with Gasteiger partial charge in [0, 0.05) is 24.9 Å². The molecule has 4 heteroatoms. The predicted molar refractivity (Wildman–Crippen MR) is 78.6 cm³/mol. The molecule has 0 spiro atoms. The van der Waals surface area contributed by atoms with E-state index in [-0.39, 0.29) is 11.9 Å². The summed E-state index contributed by atoms with van der Waals surface area (Å²) in [6.07, 6.45) is 0. The molecule has 0 aromatic heterocycles. The van der Waals surface area contributed by atoms with Crippen molar-refractivity contribution >= 4 is 11.6 Å². The maximum Gasteiger partial charge on any atom is 0.251 e. The highest BCUT2D eigenvalue weighted by Crippen LogP contribution is 2.14. The van der Waals surface area contributed by atoms with Crippen LogP contribution in [-0.2, 0) is 4.74 Å². The number of rotatable bonds is 7. The van der Waals surface area contributed by atoms with Crippen molar-refractivity contribution in [3.8, 4) is 0 Å². The van der Waals surface area contributed by atoms with Crippen LogP contribution in [0.15, 0.2) is 24.3 Å². The normalized spacial score (nSPS) is 12.3. The summed E-state index contributed by atoms with van der Waals surface area (Å²) in [6.45, 7) is 7.52. The van der Waals surface area contributed by atoms with E-state index in [2.05, 4.69) is 24.5 Å². The van der Waals surface area contributed by atoms with Crippen molar-refractivity contribution in [3.63, 3.8) is 0 Å². The van der Waals surface area contributed by atoms with Gasteiger partial charge in [0.15, 0.2) is 0 Å². The van der Waals surface area contributed by atoms with Crippen LogP contribution in [0.2, 0.25) is 0 Å². The first-order valence-corrected chi connectivity index (χ1v) is 6.72. The van der Waals surface area contributed by atoms with Crippen LogP contribution < -0.4 is 10.6 Å². The minimum Gasteiger partial charge on any atom is -0.383 e. The number of anilines is 1. The zero-order valence-electron chi connectivity index (χ0n) is 12.2. The molecule has 1 atom stereocenters. The fourth-order valence-corrected chi connectivity index (χ4v) is 1.77. The molecular formula is C15H24N2O2. The number of benzene rings is 1. The van der Waals surface area contributed by atoms with Crippen molar-refractivity contribution in [2.75, 3.05) is 25.6 Å². The molecule has 0 radical (unpaired) electrons. The van der Waals surface area contributed by atoms with E-state index in [4.69, 9.17) is 4.74 Å². The van der Waals surface area contributed by atoms with Crippen molar-refractivity contribution in [3.05, 3.63) is 29.8 Å². The quantitative estimate of drug-likeness (QED) is 0.795. The van der Waals surface area contributed by atoms with Gasteiger partial charge in [0.2, 0.25) is 0 Å². The van der Waals surface area contributed by atoms with Crippen LogP contribution in [0, 0.1) is 5.92 Å². The molecule has 0 bridgehead atoms. The molecule has 1 rings (SSSR count). The largest absolute Gasteiger partial charge is 0.383 e. The van der Waals surface area contributed by atoms with Gasteiger partial charge in [-0.2, -0.15) is 0 Å². The number of carbonyl (C=O) groups is 1. The number of methoxy groups -OCH3 is 1. The highest BCUT2D eigenvalue weighted by Gasteiger charge is 2.13. The summed E-state index contributed by atoms with van der Waals surface area (Å²) in [5.74, 6) is 0.439. The van der Waals surface area contributed by atoms with Crippen molar-refractivity contribution < 1.29 is 9.53 Å². The Hall–Kier alpha value is -1.55. The Kier molecular flexibility index (Phi) is 6.36. The van der Waals surface area contributed by atoms with E-state index in [0.717, 1.165) is 5.69 Å². The standard InChI is InChI=1S/C15H24N2O2/c1-5-16-15(18)12-6-8-13(9-7-12)17-14(10-19-4)11(2)3/h6-9,11,14,17H,5,10H2,1-4H3,(H,16,18). The molecule has 1 aromatic carbocycles. The third-order valence-electron chi connectivity index (χ3n) is 2.99. The van der Waals surface area contributed by atoms with E-state index in [1.165, 1.54) is 0 Å². The summed E-state index contributed by atoms with van der Waals surface area (Å²) in [7, 11) is 1.70. The van der Waals surface area contributed by atoms with Crippen LogP contribution in [0.25, 0.3) is 0 Å². The van der Waals surface area contributed by atoms with Crippen LogP contribution in [0.4, 0.5) is 5.69 Å². The average Bonchev–Trinajstić information content (AvgIpc) is 2.39. The Balaban J connectivity index is 2.67. The van der Waals surface area contributed by atoms with Crippen molar-refractivity contribution in [2.24, 2.45) is 5.92 Å². The molecule has 1 amide bonds. The number of hydrogen-bond donors (Lipinski definition) is 2. The summed E-state index contributed by atoms with van der Waals surface area (Å²) in [5.41, 5.74) is 1.68. The highest BCUT2D eigenvalue weighted by atomic mass is 16.5. The van der Waals surface area contributed by atoms with Crippen LogP contribution in [0.5, 0.6) is 0 Å². The molecule has 19 heavy (non-hydrogen) atoms. The third kappa shape index (κ3) is 4.91. The summed E-state index contributed by atoms with van der Waals surface area (Å²) >= 11 is 0. The molecule has 2 N–H and O–H groups in total. The Labute approximate surface area is 115 Å². The van der Waals surface area contributed by atoms with E-state index >= 15 is 0 Å². The molecule has 106 valence electrons. The van der Waals surface area contributed by atoms with Crippen molar-refractivity contribution in [1.82, 2.24) is 5.32 Å². The molecule has 0 fully saturated rings. The fraction of sp³-hybridized carbons (Fsp3) is 0.533. The smallest absolute Gasteiger partial charge is 0.251 e. The first kappa shape index (κ1) is 15.5. The molecule has 0 aliphatic rings. The van der Waals surface area contributed by atoms with E-state index < -0.39 is 0 Å². The van der Waals surface area contributed by atoms with Gasteiger partial charge in [-0.15, -0.1) is 0 Å². The molecule has 1 unspecified atom stereocenters. The first-order valence-electron chi connectivity index (χ1n) is 6.72. The van der Waals surface area contributed by atoms with Gasteiger partial charge in [-0.25, -0.2) is 0 Å². The number of nitrogens with one attached hydrogen (secondary N) is 2. The van der Waals surface area contributed by atoms with Gasteiger partial charge in [-0.05, 0) is 37.1 Å². The Morgan fingerprint density at radius 3 is 2.37 bits per heavy atom. The maximum atomic E-state index is 11.6. The van der Waals surface area contributed by atoms with E-state index in [9.17, 15) is 4.79 Å². The summed E-state index contributed by atoms with van der Waals surface area (Å²) < 4.78 is 5.20. The number of carbonyl (C=O) groups excluding carboxylic acids is 1. The third-order valence-corrected chi connectivity index (χ3v) is 2.99. The van der Waals surface area contributed by atoms with Crippen molar-refractivity contribution in [2.45, 2.75) is 26.8 Å². The molecule has 0 saturated carbocycles. The minimum atomic E-state index is -0.0358. The second-order valence-electron chi connectivity index (χ2n) is 4.89. The van der Waals surface area contributed by atoms with Gasteiger partial charge in [0.25, 0.3) is 5.91 Å². The zero-order chi connectivity index (χ0) is 14.3. The fourth-order valence-electron chi connectivity index (χ4n) is 1.77. The molecular weight excluding hydrogens is 240 g/mol. The Morgan fingerprint density at radius 2 is 1.89 bits per heavy atom. The molecule has 0 heterocycles. The number of ether oxygens (including phenoxy) is 1. The number of amides is 1. The Morgan fingerprint density at radius 1 is 1.26 bits per heavy atom. The van der Waals surface area contributed by atoms with Crippen molar-refractivity contribution in [1.29, 1.82) is 0 Å². The lowest BCUT2D eigenvalue weighted by molar-refractivity contribution is 0.0956. The summed E-state index contributed by atoms with van der Waals surface area (Å²) in [4.78, 5) is 11.6. The summed E-state index contributed by atoms with van der Waals surface area (Å²) in [5, 5.41) is 6.20. The van der Waals surface area contributed by atoms with E-state index in [1.807, 2.05) is 31.2 Å². The van der Waals surface area contributed by atoms with Gasteiger partial charge in [-0.3, -0.25) is 4.79 Å². The Bertz CT molecular complexity index is 388. The highest BCUT2D eigenvalue weighted by molar-refractivity contribution is 5.94. The van der Waals surface area contributed by atoms with E-state index in [1.54, 1.807) is 7.11 Å². The molecule has 0 aliphatic heterocycles. The predicted octanol–water partition coefficient (Wildman–Crippen LogP) is 2.52. The monoisotopic (exact) mass is 264 g/mol. The summed E-state index contributed by atoms with van der Waals surface area (Å²) in [6, 6.07) is 7.78. The zero-order valence-corrected chi connectivity index (χ0v) is 12.2. The van der Waals surface area contributed by atoms with Gasteiger partial charge >= 0.3 is 0 Å². The van der Waals surface area contributed by atoms with Crippen LogP contribution >= 0.6 is 0 Å². The minimum absolute atomic E-state index is 0.0358. The molecule has 4 nitrogen and oxygen atoms in total. The van der Waals surface area contributed by atoms with Crippen LogP contribution in [-0.4, -0.2) is 32.2 Å². The lowest BCUT2D eigenvalue weighted by Crippen LogP contribution is -2.30. The molecule has 1 aromatic rings. The van der Waals surface area contributed by atoms with Crippen LogP contribution in [0.3, 0.4) is 0 Å².